The minimum absolute atomic E-state index is 0.0676. The fourth-order valence-electron chi connectivity index (χ4n) is 0.899. The third-order valence-corrected chi connectivity index (χ3v) is 3.11. The molecule has 20 heavy (non-hydrogen) atoms. The van der Waals surface area contributed by atoms with E-state index in [4.69, 9.17) is 13.6 Å². The number of phosphoric ester groups is 1. The van der Waals surface area contributed by atoms with Crippen LogP contribution in [0.2, 0.25) is 0 Å². The molecule has 0 spiro atoms. The maximum Gasteiger partial charge on any atom is 0.588 e. The molecule has 114 valence electrons. The van der Waals surface area contributed by atoms with E-state index in [1.165, 1.54) is 6.92 Å². The van der Waals surface area contributed by atoms with E-state index in [2.05, 4.69) is 22.6 Å². The van der Waals surface area contributed by atoms with Gasteiger partial charge in [0.15, 0.2) is 0 Å². The van der Waals surface area contributed by atoms with Gasteiger partial charge >= 0.3 is 19.8 Å². The van der Waals surface area contributed by atoms with Crippen LogP contribution in [0.5, 0.6) is 0 Å². The van der Waals surface area contributed by atoms with Crippen LogP contribution in [-0.4, -0.2) is 32.3 Å². The number of hydrogen-bond acceptors (Lipinski definition) is 8. The van der Waals surface area contributed by atoms with Crippen LogP contribution in [0.15, 0.2) is 24.7 Å². The molecule has 0 radical (unpaired) electrons. The van der Waals surface area contributed by atoms with E-state index in [0.717, 1.165) is 7.11 Å². The van der Waals surface area contributed by atoms with Gasteiger partial charge in [-0.25, -0.2) is 14.2 Å². The summed E-state index contributed by atoms with van der Waals surface area (Å²) in [6, 6.07) is 0. The van der Waals surface area contributed by atoms with Crippen molar-refractivity contribution in [3.8, 4) is 0 Å². The van der Waals surface area contributed by atoms with Gasteiger partial charge in [-0.2, -0.15) is 0 Å². The highest BCUT2D eigenvalue weighted by Crippen LogP contribution is 2.52. The zero-order valence-electron chi connectivity index (χ0n) is 11.5. The van der Waals surface area contributed by atoms with Gasteiger partial charge in [-0.1, -0.05) is 0 Å². The number of phosphoric acid groups is 1. The standard InChI is InChI=1S/C11H17O8P/c1-6-16-11(13)9(4)19-20(14,17-7-2)18-8(3)10(12)15-5/h3-4,6-7H2,1-2,5H3. The lowest BCUT2D eigenvalue weighted by Crippen LogP contribution is -2.12. The van der Waals surface area contributed by atoms with Gasteiger partial charge in [-0.05, 0) is 27.0 Å². The summed E-state index contributed by atoms with van der Waals surface area (Å²) in [4.78, 5) is 22.4. The quantitative estimate of drug-likeness (QED) is 0.276. The Hall–Kier alpha value is -1.79. The van der Waals surface area contributed by atoms with Crippen molar-refractivity contribution in [1.82, 2.24) is 0 Å². The number of ether oxygens (including phenoxy) is 2. The lowest BCUT2D eigenvalue weighted by Gasteiger charge is -2.18. The molecule has 0 rings (SSSR count). The molecule has 0 fully saturated rings. The highest BCUT2D eigenvalue weighted by Gasteiger charge is 2.35. The molecule has 9 heteroatoms. The van der Waals surface area contributed by atoms with E-state index >= 15 is 0 Å². The minimum atomic E-state index is -4.28. The van der Waals surface area contributed by atoms with Gasteiger partial charge in [0, 0.05) is 0 Å². The molecule has 0 amide bonds. The predicted molar refractivity (Wildman–Crippen MR) is 68.3 cm³/mol. The second kappa shape index (κ2) is 8.39. The molecule has 1 unspecified atom stereocenters. The zero-order chi connectivity index (χ0) is 15.8. The summed E-state index contributed by atoms with van der Waals surface area (Å²) in [5.41, 5.74) is 0. The largest absolute Gasteiger partial charge is 0.588 e. The Kier molecular flexibility index (Phi) is 7.64. The van der Waals surface area contributed by atoms with Crippen molar-refractivity contribution < 1.29 is 37.2 Å². The van der Waals surface area contributed by atoms with Gasteiger partial charge in [0.1, 0.15) is 0 Å². The second-order valence-electron chi connectivity index (χ2n) is 3.11. The van der Waals surface area contributed by atoms with Crippen molar-refractivity contribution in [2.75, 3.05) is 20.3 Å². The fourth-order valence-corrected chi connectivity index (χ4v) is 2.05. The van der Waals surface area contributed by atoms with Gasteiger partial charge in [-0.15, -0.1) is 0 Å². The SMILES string of the molecule is C=C(OP(=O)(OCC)OC(=C)C(=O)OCC)C(=O)OC. The number of hydrogen-bond donors (Lipinski definition) is 0. The summed E-state index contributed by atoms with van der Waals surface area (Å²) in [7, 11) is -3.19. The Morgan fingerprint density at radius 3 is 1.90 bits per heavy atom. The molecule has 0 N–H and O–H groups in total. The first-order valence-electron chi connectivity index (χ1n) is 5.56. The van der Waals surface area contributed by atoms with E-state index in [1.807, 2.05) is 0 Å². The Morgan fingerprint density at radius 1 is 1.00 bits per heavy atom. The zero-order valence-corrected chi connectivity index (χ0v) is 12.4. The summed E-state index contributed by atoms with van der Waals surface area (Å²) < 4.78 is 35.3. The molecule has 0 aromatic carbocycles. The van der Waals surface area contributed by atoms with E-state index < -0.39 is 31.3 Å². The Labute approximate surface area is 116 Å². The summed E-state index contributed by atoms with van der Waals surface area (Å²) in [6.07, 6.45) is 0. The van der Waals surface area contributed by atoms with Crippen LogP contribution in [0.25, 0.3) is 0 Å². The van der Waals surface area contributed by atoms with Crippen LogP contribution < -0.4 is 0 Å². The van der Waals surface area contributed by atoms with Crippen molar-refractivity contribution in [2.45, 2.75) is 13.8 Å². The topological polar surface area (TPSA) is 97.4 Å². The first-order valence-corrected chi connectivity index (χ1v) is 7.02. The smallest absolute Gasteiger partial charge is 0.463 e. The Bertz CT molecular complexity index is 442. The van der Waals surface area contributed by atoms with Crippen LogP contribution in [-0.2, 0) is 37.2 Å². The summed E-state index contributed by atoms with van der Waals surface area (Å²) in [6.45, 7) is 9.54. The average Bonchev–Trinajstić information content (AvgIpc) is 2.37. The third kappa shape index (κ3) is 5.90. The van der Waals surface area contributed by atoms with E-state index in [1.54, 1.807) is 6.92 Å². The van der Waals surface area contributed by atoms with Crippen LogP contribution in [0.4, 0.5) is 0 Å². The molecule has 0 aromatic heterocycles. The monoisotopic (exact) mass is 308 g/mol. The van der Waals surface area contributed by atoms with Crippen molar-refractivity contribution in [1.29, 1.82) is 0 Å². The van der Waals surface area contributed by atoms with Gasteiger partial charge in [0.2, 0.25) is 11.5 Å². The normalized spacial score (nSPS) is 12.8. The van der Waals surface area contributed by atoms with Crippen molar-refractivity contribution in [3.05, 3.63) is 24.7 Å². The summed E-state index contributed by atoms with van der Waals surface area (Å²) in [5.74, 6) is -3.07. The molecule has 0 aliphatic carbocycles. The highest BCUT2D eigenvalue weighted by molar-refractivity contribution is 7.48. The number of carbonyl (C=O) groups is 2. The molecule has 1 atom stereocenters. The van der Waals surface area contributed by atoms with E-state index in [9.17, 15) is 14.2 Å². The van der Waals surface area contributed by atoms with Crippen molar-refractivity contribution >= 4 is 19.8 Å². The second-order valence-corrected chi connectivity index (χ2v) is 4.62. The number of methoxy groups -OCH3 is 1. The van der Waals surface area contributed by atoms with Gasteiger partial charge in [-0.3, -0.25) is 4.52 Å². The molecule has 0 aliphatic rings. The molecule has 8 nitrogen and oxygen atoms in total. The van der Waals surface area contributed by atoms with Gasteiger partial charge in [0.25, 0.3) is 0 Å². The lowest BCUT2D eigenvalue weighted by molar-refractivity contribution is -0.141. The number of rotatable bonds is 9. The van der Waals surface area contributed by atoms with Crippen LogP contribution in [0.1, 0.15) is 13.8 Å². The van der Waals surface area contributed by atoms with E-state index in [-0.39, 0.29) is 13.2 Å². The highest BCUT2D eigenvalue weighted by atomic mass is 31.2. The molecule has 0 saturated carbocycles. The Balaban J connectivity index is 4.89. The van der Waals surface area contributed by atoms with Crippen LogP contribution in [0.3, 0.4) is 0 Å². The van der Waals surface area contributed by atoms with Crippen LogP contribution >= 0.6 is 7.82 Å². The maximum absolute atomic E-state index is 12.2. The number of carbonyl (C=O) groups excluding carboxylic acids is 2. The maximum atomic E-state index is 12.2. The minimum Gasteiger partial charge on any atom is -0.463 e. The lowest BCUT2D eigenvalue weighted by atomic mass is 10.6. The first kappa shape index (κ1) is 18.2. The fraction of sp³-hybridized carbons (Fsp3) is 0.455. The molecule has 0 aromatic rings. The van der Waals surface area contributed by atoms with Crippen molar-refractivity contribution in [3.63, 3.8) is 0 Å². The predicted octanol–water partition coefficient (Wildman–Crippen LogP) is 1.93. The summed E-state index contributed by atoms with van der Waals surface area (Å²) >= 11 is 0. The van der Waals surface area contributed by atoms with Crippen LogP contribution in [0, 0.1) is 0 Å². The van der Waals surface area contributed by atoms with Gasteiger partial charge in [0.05, 0.1) is 20.3 Å². The molecular weight excluding hydrogens is 291 g/mol. The molecule has 0 heterocycles. The third-order valence-electron chi connectivity index (χ3n) is 1.65. The van der Waals surface area contributed by atoms with E-state index in [0.29, 0.717) is 0 Å². The summed E-state index contributed by atoms with van der Waals surface area (Å²) in [5, 5.41) is 0. The molecule has 0 saturated heterocycles. The Morgan fingerprint density at radius 2 is 1.50 bits per heavy atom. The average molecular weight is 308 g/mol. The molecular formula is C11H17O8P. The number of esters is 2. The first-order chi connectivity index (χ1) is 9.29. The molecule has 0 aliphatic heterocycles. The van der Waals surface area contributed by atoms with Crippen molar-refractivity contribution in [2.24, 2.45) is 0 Å². The molecule has 0 bridgehead atoms. The van der Waals surface area contributed by atoms with Gasteiger partial charge < -0.3 is 18.5 Å².